The molecule has 0 saturated carbocycles. The topological polar surface area (TPSA) is 61.8 Å². The molecule has 28 heavy (non-hydrogen) atoms. The van der Waals surface area contributed by atoms with Crippen LogP contribution in [0.5, 0.6) is 0 Å². The second-order valence-corrected chi connectivity index (χ2v) is 7.89. The highest BCUT2D eigenvalue weighted by Gasteiger charge is 2.53. The van der Waals surface area contributed by atoms with Crippen molar-refractivity contribution in [2.75, 3.05) is 13.6 Å². The van der Waals surface area contributed by atoms with Crippen LogP contribution in [0.2, 0.25) is 0 Å². The molecule has 146 valence electrons. The highest BCUT2D eigenvalue weighted by Crippen LogP contribution is 2.31. The van der Waals surface area contributed by atoms with Crippen LogP contribution in [0.4, 0.5) is 10.7 Å². The molecule has 2 aliphatic rings. The van der Waals surface area contributed by atoms with Gasteiger partial charge in [-0.1, -0.05) is 37.9 Å². The van der Waals surface area contributed by atoms with E-state index in [0.29, 0.717) is 18.3 Å². The van der Waals surface area contributed by atoms with Crippen molar-refractivity contribution < 1.29 is 14.2 Å². The lowest BCUT2D eigenvalue weighted by atomic mass is 10.1. The molecule has 1 saturated heterocycles. The van der Waals surface area contributed by atoms with Crippen LogP contribution in [0.25, 0.3) is 5.69 Å². The molecule has 7 heteroatoms. The standard InChI is InChI=1S/C21H26N5O2/c1-6-15-7-9-16(10-8-15)26-14(4)12-24-17-18(22-20(24)26)23(5)21(28)25(19(17)27)11-13(2)3/h7-10,12-13,17H,6,11H2,1-5H3/q+1. The van der Waals surface area contributed by atoms with Crippen molar-refractivity contribution in [3.8, 4) is 5.69 Å². The molecule has 1 atom stereocenters. The molecule has 4 rings (SSSR count). The molecule has 3 amide bonds. The Morgan fingerprint density at radius 3 is 2.46 bits per heavy atom. The Bertz CT molecular complexity index is 987. The minimum Gasteiger partial charge on any atom is -0.270 e. The number of urea groups is 1. The lowest BCUT2D eigenvalue weighted by Crippen LogP contribution is -2.63. The molecule has 2 aromatic rings. The molecular formula is C21H26N5O2+. The Morgan fingerprint density at radius 1 is 1.18 bits per heavy atom. The van der Waals surface area contributed by atoms with Gasteiger partial charge in [0.2, 0.25) is 11.9 Å². The van der Waals surface area contributed by atoms with E-state index in [1.807, 2.05) is 36.1 Å². The third kappa shape index (κ3) is 2.65. The monoisotopic (exact) mass is 380 g/mol. The van der Waals surface area contributed by atoms with E-state index in [1.54, 1.807) is 7.05 Å². The van der Waals surface area contributed by atoms with E-state index in [1.165, 1.54) is 15.4 Å². The number of benzene rings is 1. The molecule has 2 aliphatic heterocycles. The number of imide groups is 1. The molecule has 0 aliphatic carbocycles. The summed E-state index contributed by atoms with van der Waals surface area (Å²) in [5.41, 5.74) is 3.25. The van der Waals surface area contributed by atoms with E-state index in [-0.39, 0.29) is 17.9 Å². The van der Waals surface area contributed by atoms with E-state index in [9.17, 15) is 9.59 Å². The second-order valence-electron chi connectivity index (χ2n) is 7.89. The predicted molar refractivity (Wildman–Crippen MR) is 106 cm³/mol. The van der Waals surface area contributed by atoms with Crippen molar-refractivity contribution in [3.63, 3.8) is 0 Å². The molecule has 0 spiro atoms. The number of hydrogen-bond donors (Lipinski definition) is 0. The van der Waals surface area contributed by atoms with Gasteiger partial charge < -0.3 is 0 Å². The van der Waals surface area contributed by atoms with E-state index in [2.05, 4.69) is 31.2 Å². The molecule has 1 fully saturated rings. The number of fused-ring (bicyclic) bond motifs is 3. The van der Waals surface area contributed by atoms with E-state index in [0.717, 1.165) is 17.8 Å². The fraction of sp³-hybridized carbons (Fsp3) is 0.429. The fourth-order valence-electron chi connectivity index (χ4n) is 3.92. The summed E-state index contributed by atoms with van der Waals surface area (Å²) in [5.74, 6) is 1.15. The molecule has 1 unspecified atom stereocenters. The summed E-state index contributed by atoms with van der Waals surface area (Å²) in [4.78, 5) is 33.4. The minimum atomic E-state index is -0.591. The second kappa shape index (κ2) is 6.58. The van der Waals surface area contributed by atoms with Gasteiger partial charge in [0.25, 0.3) is 5.91 Å². The number of rotatable bonds is 4. The molecule has 0 bridgehead atoms. The Labute approximate surface area is 164 Å². The molecule has 1 aromatic heterocycles. The Kier molecular flexibility index (Phi) is 4.33. The summed E-state index contributed by atoms with van der Waals surface area (Å²) in [6, 6.07) is 7.44. The molecular weight excluding hydrogens is 354 g/mol. The Balaban J connectivity index is 1.80. The highest BCUT2D eigenvalue weighted by molar-refractivity contribution is 6.19. The number of aryl methyl sites for hydroxylation is 2. The molecule has 7 nitrogen and oxygen atoms in total. The largest absolute Gasteiger partial charge is 0.406 e. The van der Waals surface area contributed by atoms with Gasteiger partial charge in [-0.2, -0.15) is 4.57 Å². The van der Waals surface area contributed by atoms with Gasteiger partial charge in [0.1, 0.15) is 17.6 Å². The third-order valence-corrected chi connectivity index (χ3v) is 5.36. The number of likely N-dealkylation sites (N-methyl/N-ethyl adjacent to an activating group) is 1. The van der Waals surface area contributed by atoms with Crippen molar-refractivity contribution in [1.82, 2.24) is 14.4 Å². The average molecular weight is 380 g/mol. The maximum absolute atomic E-state index is 13.2. The summed E-state index contributed by atoms with van der Waals surface area (Å²) in [5, 5.41) is 0. The SMILES string of the molecule is CCc1ccc(-n2c(C)c[n+]3c2N=C2C3C(=O)N(CC(C)C)C(=O)N2C)cc1. The van der Waals surface area contributed by atoms with E-state index in [4.69, 9.17) is 4.99 Å². The van der Waals surface area contributed by atoms with Crippen LogP contribution >= 0.6 is 0 Å². The van der Waals surface area contributed by atoms with Crippen molar-refractivity contribution in [1.29, 1.82) is 0 Å². The molecule has 3 heterocycles. The van der Waals surface area contributed by atoms with Crippen molar-refractivity contribution in [2.24, 2.45) is 10.9 Å². The van der Waals surface area contributed by atoms with Gasteiger partial charge >= 0.3 is 12.0 Å². The smallest absolute Gasteiger partial charge is 0.270 e. The zero-order valence-electron chi connectivity index (χ0n) is 17.0. The minimum absolute atomic E-state index is 0.203. The summed E-state index contributed by atoms with van der Waals surface area (Å²) < 4.78 is 3.92. The molecule has 0 radical (unpaired) electrons. The Hall–Kier alpha value is -2.96. The van der Waals surface area contributed by atoms with Crippen LogP contribution in [0.3, 0.4) is 0 Å². The number of aliphatic imine (C=N–C) groups is 1. The highest BCUT2D eigenvalue weighted by atomic mass is 16.2. The zero-order chi connectivity index (χ0) is 20.2. The van der Waals surface area contributed by atoms with Gasteiger partial charge in [-0.25, -0.2) is 9.36 Å². The van der Waals surface area contributed by atoms with Gasteiger partial charge in [0, 0.05) is 13.6 Å². The number of amides is 3. The van der Waals surface area contributed by atoms with Gasteiger partial charge in [-0.3, -0.25) is 14.6 Å². The predicted octanol–water partition coefficient (Wildman–Crippen LogP) is 2.77. The molecule has 1 aromatic carbocycles. The Morgan fingerprint density at radius 2 is 1.86 bits per heavy atom. The van der Waals surface area contributed by atoms with Crippen molar-refractivity contribution in [3.05, 3.63) is 41.7 Å². The van der Waals surface area contributed by atoms with E-state index < -0.39 is 6.04 Å². The zero-order valence-corrected chi connectivity index (χ0v) is 17.0. The number of carbonyl (C=O) groups is 2. The van der Waals surface area contributed by atoms with Crippen LogP contribution in [0.1, 0.15) is 38.1 Å². The number of amidine groups is 1. The lowest BCUT2D eigenvalue weighted by Gasteiger charge is -2.33. The first-order chi connectivity index (χ1) is 13.3. The van der Waals surface area contributed by atoms with Gasteiger partial charge in [-0.15, -0.1) is 0 Å². The first kappa shape index (κ1) is 18.4. The van der Waals surface area contributed by atoms with Crippen molar-refractivity contribution in [2.45, 2.75) is 40.2 Å². The maximum Gasteiger partial charge on any atom is 0.406 e. The summed E-state index contributed by atoms with van der Waals surface area (Å²) in [7, 11) is 1.69. The average Bonchev–Trinajstić information content (AvgIpc) is 3.18. The number of hydrogen-bond acceptors (Lipinski definition) is 3. The van der Waals surface area contributed by atoms with Crippen LogP contribution in [-0.4, -0.2) is 45.7 Å². The number of carbonyl (C=O) groups excluding carboxylic acids is 2. The fourth-order valence-corrected chi connectivity index (χ4v) is 3.92. The van der Waals surface area contributed by atoms with Crippen LogP contribution in [-0.2, 0) is 11.2 Å². The molecule has 0 N–H and O–H groups in total. The number of aromatic nitrogens is 2. The summed E-state index contributed by atoms with van der Waals surface area (Å²) >= 11 is 0. The van der Waals surface area contributed by atoms with Crippen LogP contribution in [0.15, 0.2) is 35.5 Å². The first-order valence-corrected chi connectivity index (χ1v) is 9.74. The maximum atomic E-state index is 13.2. The third-order valence-electron chi connectivity index (χ3n) is 5.36. The summed E-state index contributed by atoms with van der Waals surface area (Å²) in [6.07, 6.45) is 2.93. The lowest BCUT2D eigenvalue weighted by molar-refractivity contribution is -0.676. The first-order valence-electron chi connectivity index (χ1n) is 9.74. The summed E-state index contributed by atoms with van der Waals surface area (Å²) in [6.45, 7) is 8.53. The quantitative estimate of drug-likeness (QED) is 0.766. The van der Waals surface area contributed by atoms with E-state index >= 15 is 0 Å². The van der Waals surface area contributed by atoms with Crippen molar-refractivity contribution >= 4 is 23.7 Å². The van der Waals surface area contributed by atoms with Gasteiger partial charge in [0.05, 0.1) is 0 Å². The number of imidazole rings is 1. The van der Waals surface area contributed by atoms with Crippen LogP contribution < -0.4 is 4.57 Å². The normalized spacial score (nSPS) is 18.6. The number of nitrogens with zero attached hydrogens (tertiary/aromatic N) is 5. The van der Waals surface area contributed by atoms with Gasteiger partial charge in [0.15, 0.2) is 0 Å². The van der Waals surface area contributed by atoms with Crippen LogP contribution in [0, 0.1) is 12.8 Å². The van der Waals surface area contributed by atoms with Gasteiger partial charge in [-0.05, 0) is 37.0 Å².